The van der Waals surface area contributed by atoms with Gasteiger partial charge in [-0.3, -0.25) is 4.79 Å². The van der Waals surface area contributed by atoms with Crippen molar-refractivity contribution in [1.29, 1.82) is 0 Å². The Hall–Kier alpha value is -2.51. The predicted molar refractivity (Wildman–Crippen MR) is 129 cm³/mol. The Kier molecular flexibility index (Phi) is 6.88. The molecule has 33 heavy (non-hydrogen) atoms. The first-order chi connectivity index (χ1) is 16.2. The van der Waals surface area contributed by atoms with Crippen LogP contribution >= 0.6 is 0 Å². The minimum atomic E-state index is -0.0660. The van der Waals surface area contributed by atoms with E-state index in [1.54, 1.807) is 0 Å². The van der Waals surface area contributed by atoms with Crippen molar-refractivity contribution in [3.8, 4) is 11.3 Å². The smallest absolute Gasteiger partial charge is 0.251 e. The fraction of sp³-hybridized carbons (Fsp3) is 0.577. The lowest BCUT2D eigenvalue weighted by Crippen LogP contribution is -2.32. The molecule has 7 nitrogen and oxygen atoms in total. The summed E-state index contributed by atoms with van der Waals surface area (Å²) in [5.41, 5.74) is 2.32. The van der Waals surface area contributed by atoms with E-state index in [1.165, 1.54) is 45.3 Å². The number of benzene rings is 1. The van der Waals surface area contributed by atoms with Crippen LogP contribution < -0.4 is 10.6 Å². The zero-order valence-corrected chi connectivity index (χ0v) is 19.5. The van der Waals surface area contributed by atoms with Crippen molar-refractivity contribution in [2.45, 2.75) is 38.6 Å². The van der Waals surface area contributed by atoms with Gasteiger partial charge in [-0.15, -0.1) is 10.2 Å². The third kappa shape index (κ3) is 5.36. The minimum absolute atomic E-state index is 0.0660. The van der Waals surface area contributed by atoms with Gasteiger partial charge in [-0.05, 0) is 74.6 Å². The highest BCUT2D eigenvalue weighted by atomic mass is 16.5. The number of amides is 1. The number of nitrogens with one attached hydrogen (secondary N) is 2. The van der Waals surface area contributed by atoms with Gasteiger partial charge in [0.1, 0.15) is 5.82 Å². The molecule has 0 radical (unpaired) electrons. The Morgan fingerprint density at radius 1 is 1.09 bits per heavy atom. The molecule has 3 heterocycles. The molecular weight excluding hydrogens is 414 g/mol. The highest BCUT2D eigenvalue weighted by molar-refractivity contribution is 5.95. The van der Waals surface area contributed by atoms with Crippen LogP contribution in [0.2, 0.25) is 0 Å². The van der Waals surface area contributed by atoms with Gasteiger partial charge < -0.3 is 20.3 Å². The van der Waals surface area contributed by atoms with Crippen LogP contribution in [-0.4, -0.2) is 66.4 Å². The van der Waals surface area contributed by atoms with Crippen molar-refractivity contribution in [2.75, 3.05) is 44.7 Å². The lowest BCUT2D eigenvalue weighted by molar-refractivity contribution is 0.0545. The largest absolute Gasteiger partial charge is 0.381 e. The van der Waals surface area contributed by atoms with E-state index in [0.29, 0.717) is 18.2 Å². The summed E-state index contributed by atoms with van der Waals surface area (Å²) in [6.07, 6.45) is 4.88. The van der Waals surface area contributed by atoms with Gasteiger partial charge in [-0.2, -0.15) is 0 Å². The average Bonchev–Trinajstić information content (AvgIpc) is 3.38. The summed E-state index contributed by atoms with van der Waals surface area (Å²) < 4.78 is 5.51. The lowest BCUT2D eigenvalue weighted by Gasteiger charge is -2.27. The zero-order chi connectivity index (χ0) is 22.6. The molecule has 2 saturated heterocycles. The summed E-state index contributed by atoms with van der Waals surface area (Å²) in [5.74, 6) is 3.19. The molecule has 0 spiro atoms. The van der Waals surface area contributed by atoms with E-state index in [2.05, 4.69) is 25.7 Å². The molecule has 0 bridgehead atoms. The molecule has 3 aliphatic rings. The second kappa shape index (κ2) is 10.2. The predicted octanol–water partition coefficient (Wildman–Crippen LogP) is 3.44. The second-order valence-electron chi connectivity index (χ2n) is 9.85. The van der Waals surface area contributed by atoms with E-state index in [9.17, 15) is 4.79 Å². The first-order valence-electron chi connectivity index (χ1n) is 12.5. The minimum Gasteiger partial charge on any atom is -0.381 e. The van der Waals surface area contributed by atoms with Crippen molar-refractivity contribution in [3.63, 3.8) is 0 Å². The van der Waals surface area contributed by atoms with Crippen LogP contribution in [0.3, 0.4) is 0 Å². The molecule has 1 aromatic heterocycles. The number of hydrogen-bond acceptors (Lipinski definition) is 6. The molecule has 2 aromatic rings. The fourth-order valence-electron chi connectivity index (χ4n) is 5.81. The van der Waals surface area contributed by atoms with Gasteiger partial charge >= 0.3 is 0 Å². The first kappa shape index (κ1) is 22.3. The third-order valence-corrected chi connectivity index (χ3v) is 7.46. The Morgan fingerprint density at radius 2 is 1.88 bits per heavy atom. The van der Waals surface area contributed by atoms with Gasteiger partial charge in [-0.25, -0.2) is 0 Å². The number of hydrogen-bond donors (Lipinski definition) is 2. The van der Waals surface area contributed by atoms with Crippen LogP contribution in [0, 0.1) is 17.8 Å². The van der Waals surface area contributed by atoms with Gasteiger partial charge in [0.25, 0.3) is 5.91 Å². The molecule has 3 atom stereocenters. The van der Waals surface area contributed by atoms with Gasteiger partial charge in [0.2, 0.25) is 0 Å². The Balaban J connectivity index is 1.13. The molecule has 2 aliphatic heterocycles. The molecule has 7 heteroatoms. The maximum absolute atomic E-state index is 12.1. The maximum Gasteiger partial charge on any atom is 0.251 e. The molecule has 5 rings (SSSR count). The monoisotopic (exact) mass is 449 g/mol. The number of fused-ring (bicyclic) bond motifs is 1. The molecule has 1 unspecified atom stereocenters. The van der Waals surface area contributed by atoms with Crippen molar-refractivity contribution >= 4 is 11.7 Å². The van der Waals surface area contributed by atoms with Crippen LogP contribution in [0.25, 0.3) is 11.3 Å². The van der Waals surface area contributed by atoms with Crippen molar-refractivity contribution in [1.82, 2.24) is 20.4 Å². The number of aromatic nitrogens is 2. The molecule has 1 aromatic carbocycles. The molecule has 1 amide bonds. The van der Waals surface area contributed by atoms with E-state index in [4.69, 9.17) is 4.74 Å². The van der Waals surface area contributed by atoms with Crippen LogP contribution in [-0.2, 0) is 4.74 Å². The van der Waals surface area contributed by atoms with E-state index < -0.39 is 0 Å². The summed E-state index contributed by atoms with van der Waals surface area (Å²) in [7, 11) is 0. The molecule has 1 aliphatic carbocycles. The summed E-state index contributed by atoms with van der Waals surface area (Å²) >= 11 is 0. The highest BCUT2D eigenvalue weighted by Crippen LogP contribution is 2.39. The highest BCUT2D eigenvalue weighted by Gasteiger charge is 2.41. The third-order valence-electron chi connectivity index (χ3n) is 7.46. The molecule has 176 valence electrons. The van der Waals surface area contributed by atoms with Crippen LogP contribution in [0.5, 0.6) is 0 Å². The number of carbonyl (C=O) groups is 1. The Labute approximate surface area is 196 Å². The van der Waals surface area contributed by atoms with Crippen molar-refractivity contribution in [3.05, 3.63) is 42.0 Å². The van der Waals surface area contributed by atoms with Gasteiger partial charge in [0.05, 0.1) is 5.69 Å². The van der Waals surface area contributed by atoms with Crippen molar-refractivity contribution in [2.24, 2.45) is 17.8 Å². The SMILES string of the molecule is CCNC(=O)c1cccc(-c2ccc(NC3C[C@@H]4CN(CC5CCOCC5)C[C@@H]4C3)nn2)c1. The Bertz CT molecular complexity index is 930. The van der Waals surface area contributed by atoms with Gasteiger partial charge in [0, 0.05) is 56.6 Å². The second-order valence-corrected chi connectivity index (χ2v) is 9.85. The van der Waals surface area contributed by atoms with E-state index in [0.717, 1.165) is 48.0 Å². The van der Waals surface area contributed by atoms with Crippen molar-refractivity contribution < 1.29 is 9.53 Å². The van der Waals surface area contributed by atoms with E-state index >= 15 is 0 Å². The quantitative estimate of drug-likeness (QED) is 0.674. The summed E-state index contributed by atoms with van der Waals surface area (Å²) in [5, 5.41) is 15.3. The number of anilines is 1. The molecule has 3 fully saturated rings. The standard InChI is InChI=1S/C26H35N5O2/c1-2-27-26(32)20-5-3-4-19(12-20)24-6-7-25(30-29-24)28-23-13-21-16-31(17-22(21)14-23)15-18-8-10-33-11-9-18/h3-7,12,18,21-23H,2,8-11,13-17H2,1H3,(H,27,32)(H,28,30)/t21-,22+,23?. The van der Waals surface area contributed by atoms with Crippen LogP contribution in [0.1, 0.15) is 43.0 Å². The molecule has 2 N–H and O–H groups in total. The summed E-state index contributed by atoms with van der Waals surface area (Å²) in [6, 6.07) is 12.0. The lowest BCUT2D eigenvalue weighted by atomic mass is 10.00. The molecular formula is C26H35N5O2. The van der Waals surface area contributed by atoms with Gasteiger partial charge in [0.15, 0.2) is 0 Å². The first-order valence-corrected chi connectivity index (χ1v) is 12.5. The number of ether oxygens (including phenoxy) is 1. The van der Waals surface area contributed by atoms with E-state index in [1.807, 2.05) is 43.3 Å². The normalized spacial score (nSPS) is 25.7. The van der Waals surface area contributed by atoms with E-state index in [-0.39, 0.29) is 5.91 Å². The Morgan fingerprint density at radius 3 is 2.58 bits per heavy atom. The zero-order valence-electron chi connectivity index (χ0n) is 19.5. The average molecular weight is 450 g/mol. The van der Waals surface area contributed by atoms with Crippen LogP contribution in [0.4, 0.5) is 5.82 Å². The van der Waals surface area contributed by atoms with Gasteiger partial charge in [-0.1, -0.05) is 12.1 Å². The number of rotatable bonds is 7. The maximum atomic E-state index is 12.1. The fourth-order valence-corrected chi connectivity index (χ4v) is 5.81. The number of likely N-dealkylation sites (tertiary alicyclic amines) is 1. The number of carbonyl (C=O) groups excluding carboxylic acids is 1. The van der Waals surface area contributed by atoms with Crippen LogP contribution in [0.15, 0.2) is 36.4 Å². The summed E-state index contributed by atoms with van der Waals surface area (Å²) in [6.45, 7) is 8.15. The number of nitrogens with zero attached hydrogens (tertiary/aromatic N) is 3. The molecule has 1 saturated carbocycles. The topological polar surface area (TPSA) is 79.4 Å². The summed E-state index contributed by atoms with van der Waals surface area (Å²) in [4.78, 5) is 14.8.